The molecule has 11 nitrogen and oxygen atoms in total. The summed E-state index contributed by atoms with van der Waals surface area (Å²) in [6, 6.07) is 9.77. The number of hydrazine groups is 1. The summed E-state index contributed by atoms with van der Waals surface area (Å²) in [6.45, 7) is 14.7. The largest absolute Gasteiger partial charge is 0.496 e. The van der Waals surface area contributed by atoms with Gasteiger partial charge in [0.25, 0.3) is 11.8 Å². The van der Waals surface area contributed by atoms with Crippen LogP contribution in [0.15, 0.2) is 36.4 Å². The zero-order valence-electron chi connectivity index (χ0n) is 26.1. The van der Waals surface area contributed by atoms with Crippen molar-refractivity contribution >= 4 is 29.8 Å². The Kier molecular flexibility index (Phi) is 10.5. The summed E-state index contributed by atoms with van der Waals surface area (Å²) in [6.07, 6.45) is -3.61. The van der Waals surface area contributed by atoms with Gasteiger partial charge in [-0.3, -0.25) is 14.4 Å². The summed E-state index contributed by atoms with van der Waals surface area (Å²) < 4.78 is 20.5. The van der Waals surface area contributed by atoms with E-state index in [4.69, 9.17) is 14.2 Å². The number of imide groups is 1. The average Bonchev–Trinajstić information content (AvgIpc) is 2.88. The highest BCUT2D eigenvalue weighted by atomic mass is 16.7. The molecule has 0 fully saturated rings. The van der Waals surface area contributed by atoms with Gasteiger partial charge in [-0.25, -0.2) is 14.6 Å². The Morgan fingerprint density at radius 3 is 1.83 bits per heavy atom. The molecule has 0 radical (unpaired) electrons. The molecule has 0 aliphatic carbocycles. The van der Waals surface area contributed by atoms with Gasteiger partial charge in [0, 0.05) is 16.7 Å². The Labute approximate surface area is 246 Å². The third-order valence-corrected chi connectivity index (χ3v) is 6.02. The van der Waals surface area contributed by atoms with E-state index in [-0.39, 0.29) is 11.1 Å². The number of ether oxygens (including phenoxy) is 4. The van der Waals surface area contributed by atoms with E-state index in [9.17, 15) is 24.0 Å². The normalized spacial score (nSPS) is 12.1. The van der Waals surface area contributed by atoms with E-state index in [0.29, 0.717) is 16.3 Å². The molecule has 11 heteroatoms. The van der Waals surface area contributed by atoms with Gasteiger partial charge < -0.3 is 18.9 Å². The van der Waals surface area contributed by atoms with Crippen molar-refractivity contribution in [3.63, 3.8) is 0 Å². The fraction of sp³-hybridized carbons (Fsp3) is 0.452. The summed E-state index contributed by atoms with van der Waals surface area (Å²) in [5.41, 5.74) is -0.0536. The lowest BCUT2D eigenvalue weighted by Gasteiger charge is -2.41. The number of amides is 3. The lowest BCUT2D eigenvalue weighted by atomic mass is 9.97. The molecule has 0 bridgehead atoms. The Balaban J connectivity index is 2.76. The molecule has 2 rings (SSSR count). The highest BCUT2D eigenvalue weighted by Crippen LogP contribution is 2.28. The summed E-state index contributed by atoms with van der Waals surface area (Å²) in [5.74, 6) is -3.35. The van der Waals surface area contributed by atoms with Crippen molar-refractivity contribution in [2.24, 2.45) is 5.41 Å². The van der Waals surface area contributed by atoms with Crippen molar-refractivity contribution in [3.05, 3.63) is 64.2 Å². The fourth-order valence-corrected chi connectivity index (χ4v) is 3.98. The second kappa shape index (κ2) is 13.1. The topological polar surface area (TPSA) is 129 Å². The number of esters is 2. The Morgan fingerprint density at radius 1 is 0.786 bits per heavy atom. The highest BCUT2D eigenvalue weighted by Gasteiger charge is 2.44. The van der Waals surface area contributed by atoms with Gasteiger partial charge >= 0.3 is 24.3 Å². The van der Waals surface area contributed by atoms with Crippen molar-refractivity contribution in [1.82, 2.24) is 10.0 Å². The molecule has 0 N–H and O–H groups in total. The van der Waals surface area contributed by atoms with Crippen LogP contribution < -0.4 is 4.74 Å². The number of aryl methyl sites for hydroxylation is 2. The van der Waals surface area contributed by atoms with E-state index in [1.807, 2.05) is 19.9 Å². The third kappa shape index (κ3) is 7.86. The molecule has 2 aromatic carbocycles. The molecule has 2 aromatic rings. The minimum absolute atomic E-state index is 0.0232. The van der Waals surface area contributed by atoms with E-state index >= 15 is 0 Å². The lowest BCUT2D eigenvalue weighted by molar-refractivity contribution is -0.196. The van der Waals surface area contributed by atoms with Gasteiger partial charge in [-0.1, -0.05) is 23.3 Å². The number of benzene rings is 2. The minimum Gasteiger partial charge on any atom is -0.496 e. The molecule has 0 aromatic heterocycles. The fourth-order valence-electron chi connectivity index (χ4n) is 3.98. The number of methoxy groups -OCH3 is 2. The molecule has 1 unspecified atom stereocenters. The van der Waals surface area contributed by atoms with E-state index in [1.165, 1.54) is 33.9 Å². The average molecular weight is 585 g/mol. The first-order valence-electron chi connectivity index (χ1n) is 13.2. The monoisotopic (exact) mass is 584 g/mol. The molecule has 3 amide bonds. The van der Waals surface area contributed by atoms with Crippen LogP contribution >= 0.6 is 0 Å². The van der Waals surface area contributed by atoms with Gasteiger partial charge in [0.05, 0.1) is 25.2 Å². The van der Waals surface area contributed by atoms with Crippen molar-refractivity contribution in [1.29, 1.82) is 0 Å². The van der Waals surface area contributed by atoms with Gasteiger partial charge in [-0.2, -0.15) is 0 Å². The molecule has 0 heterocycles. The Morgan fingerprint density at radius 2 is 1.36 bits per heavy atom. The van der Waals surface area contributed by atoms with Crippen molar-refractivity contribution in [2.75, 3.05) is 14.2 Å². The van der Waals surface area contributed by atoms with Gasteiger partial charge in [-0.15, -0.1) is 5.01 Å². The summed E-state index contributed by atoms with van der Waals surface area (Å²) >= 11 is 0. The second-order valence-electron chi connectivity index (χ2n) is 11.8. The molecule has 0 saturated carbocycles. The van der Waals surface area contributed by atoms with Crippen LogP contribution in [0.25, 0.3) is 0 Å². The highest BCUT2D eigenvalue weighted by molar-refractivity contribution is 6.07. The van der Waals surface area contributed by atoms with Crippen LogP contribution in [0.2, 0.25) is 0 Å². The van der Waals surface area contributed by atoms with Gasteiger partial charge in [-0.05, 0) is 86.6 Å². The second-order valence-corrected chi connectivity index (χ2v) is 11.8. The van der Waals surface area contributed by atoms with Crippen LogP contribution in [0.1, 0.15) is 78.9 Å². The van der Waals surface area contributed by atoms with Crippen molar-refractivity contribution in [3.8, 4) is 5.75 Å². The SMILES string of the molecule is COC(=O)C(OC(=O)N(C(=O)c1cccc(OC)c1C)N(C(=O)c1cc(C)cc(C)c1)C(C)(C)C)OC(=O)C(C)(C)C. The summed E-state index contributed by atoms with van der Waals surface area (Å²) in [4.78, 5) is 67.3. The molecule has 42 heavy (non-hydrogen) atoms. The van der Waals surface area contributed by atoms with Crippen LogP contribution in [-0.2, 0) is 23.8 Å². The van der Waals surface area contributed by atoms with Crippen LogP contribution in [-0.4, -0.2) is 65.9 Å². The van der Waals surface area contributed by atoms with Crippen LogP contribution in [0.5, 0.6) is 5.75 Å². The van der Waals surface area contributed by atoms with Crippen molar-refractivity contribution in [2.45, 2.75) is 74.1 Å². The maximum Gasteiger partial charge on any atom is 0.440 e. The first-order chi connectivity index (χ1) is 19.3. The van der Waals surface area contributed by atoms with Crippen molar-refractivity contribution < 1.29 is 42.9 Å². The lowest BCUT2D eigenvalue weighted by Crippen LogP contribution is -2.61. The number of carbonyl (C=O) groups excluding carboxylic acids is 5. The maximum atomic E-state index is 14.2. The van der Waals surface area contributed by atoms with Gasteiger partial charge in [0.2, 0.25) is 0 Å². The van der Waals surface area contributed by atoms with E-state index in [2.05, 4.69) is 4.74 Å². The third-order valence-electron chi connectivity index (χ3n) is 6.02. The molecule has 0 spiro atoms. The summed E-state index contributed by atoms with van der Waals surface area (Å²) in [7, 11) is 2.44. The minimum atomic E-state index is -2.16. The van der Waals surface area contributed by atoms with Crippen LogP contribution in [0.4, 0.5) is 4.79 Å². The first kappa shape index (κ1) is 33.8. The zero-order chi connectivity index (χ0) is 32.2. The number of rotatable bonds is 6. The Hall–Kier alpha value is -4.41. The first-order valence-corrected chi connectivity index (χ1v) is 13.2. The van der Waals surface area contributed by atoms with Crippen LogP contribution in [0.3, 0.4) is 0 Å². The predicted octanol–water partition coefficient (Wildman–Crippen LogP) is 5.14. The quantitative estimate of drug-likeness (QED) is 0.257. The molecule has 0 aliphatic heterocycles. The van der Waals surface area contributed by atoms with E-state index in [1.54, 1.807) is 52.0 Å². The summed E-state index contributed by atoms with van der Waals surface area (Å²) in [5, 5.41) is 1.45. The molecule has 0 saturated heterocycles. The molecule has 1 atom stereocenters. The number of carbonyl (C=O) groups is 5. The maximum absolute atomic E-state index is 14.2. The Bertz CT molecular complexity index is 1350. The molecule has 228 valence electrons. The van der Waals surface area contributed by atoms with Crippen LogP contribution in [0, 0.1) is 26.2 Å². The molecular formula is C31H40N2O9. The smallest absolute Gasteiger partial charge is 0.440 e. The van der Waals surface area contributed by atoms with Gasteiger partial charge in [0.1, 0.15) is 5.75 Å². The number of hydrogen-bond donors (Lipinski definition) is 0. The van der Waals surface area contributed by atoms with Gasteiger partial charge in [0.15, 0.2) is 0 Å². The standard InChI is InChI=1S/C31H40N2O9/c1-18-15-19(2)17-21(16-18)24(34)33(31(7,8)9)32(25(35)22-13-12-14-23(39-10)20(22)3)29(38)42-27(26(36)40-11)41-28(37)30(4,5)6/h12-17,27H,1-11H3. The number of nitrogens with zero attached hydrogens (tertiary/aromatic N) is 2. The zero-order valence-corrected chi connectivity index (χ0v) is 26.1. The van der Waals surface area contributed by atoms with E-state index < -0.39 is 47.1 Å². The number of hydrogen-bond acceptors (Lipinski definition) is 9. The molecular weight excluding hydrogens is 544 g/mol. The molecule has 0 aliphatic rings. The van der Waals surface area contributed by atoms with E-state index in [0.717, 1.165) is 23.2 Å². The predicted molar refractivity (Wildman–Crippen MR) is 154 cm³/mol.